The summed E-state index contributed by atoms with van der Waals surface area (Å²) in [7, 11) is 0. The number of rotatable bonds is 0. The normalized spacial score (nSPS) is 25.0. The summed E-state index contributed by atoms with van der Waals surface area (Å²) in [5.74, 6) is 5.41. The summed E-state index contributed by atoms with van der Waals surface area (Å²) in [6.45, 7) is 0. The Balaban J connectivity index is 0.000000101. The fourth-order valence-corrected chi connectivity index (χ4v) is 6.40. The highest BCUT2D eigenvalue weighted by molar-refractivity contribution is 5.88. The number of phenolic OH excluding ortho intramolecular Hbond substituents is 2. The van der Waals surface area contributed by atoms with Gasteiger partial charge < -0.3 is 10.2 Å². The van der Waals surface area contributed by atoms with Crippen LogP contribution in [-0.4, -0.2) is 10.2 Å². The molecule has 2 N–H and O–H groups in total. The van der Waals surface area contributed by atoms with Gasteiger partial charge in [-0.15, -0.1) is 0 Å². The predicted octanol–water partition coefficient (Wildman–Crippen LogP) is 7.92. The number of hydrogen-bond donors (Lipinski definition) is 2. The maximum absolute atomic E-state index is 9.37. The summed E-state index contributed by atoms with van der Waals surface area (Å²) < 4.78 is 0. The molecule has 4 aromatic rings. The zero-order chi connectivity index (χ0) is 21.9. The summed E-state index contributed by atoms with van der Waals surface area (Å²) in [6.07, 6.45) is 9.62. The van der Waals surface area contributed by atoms with Gasteiger partial charge in [0.2, 0.25) is 0 Å². The van der Waals surface area contributed by atoms with Gasteiger partial charge in [-0.1, -0.05) is 72.8 Å². The Bertz CT molecular complexity index is 1050. The standard InChI is InChI=1S/2C10H8O.C10H16/c2*11-10-7-3-5-8-4-1-2-6-9(8)10;1-7-2-9-4-8(1)5-10(3-7)6-9/h2*1-7,11H;7-10H,1-6H2. The molecule has 4 aromatic carbocycles. The van der Waals surface area contributed by atoms with E-state index in [1.807, 2.05) is 72.8 Å². The second-order valence-corrected chi connectivity index (χ2v) is 9.87. The van der Waals surface area contributed by atoms with Crippen molar-refractivity contribution in [1.29, 1.82) is 0 Å². The van der Waals surface area contributed by atoms with Gasteiger partial charge in [0.15, 0.2) is 0 Å². The second-order valence-electron chi connectivity index (χ2n) is 9.87. The first kappa shape index (κ1) is 20.9. The van der Waals surface area contributed by atoms with E-state index in [9.17, 15) is 10.2 Å². The molecule has 0 amide bonds. The van der Waals surface area contributed by atoms with E-state index >= 15 is 0 Å². The zero-order valence-electron chi connectivity index (χ0n) is 18.5. The van der Waals surface area contributed by atoms with Crippen molar-refractivity contribution in [2.75, 3.05) is 0 Å². The predicted molar refractivity (Wildman–Crippen MR) is 133 cm³/mol. The summed E-state index contributed by atoms with van der Waals surface area (Å²) in [6, 6.07) is 26.6. The third-order valence-electron chi connectivity index (χ3n) is 7.53. The monoisotopic (exact) mass is 424 g/mol. The fourth-order valence-electron chi connectivity index (χ4n) is 6.40. The quantitative estimate of drug-likeness (QED) is 0.301. The van der Waals surface area contributed by atoms with Gasteiger partial charge in [0.25, 0.3) is 0 Å². The van der Waals surface area contributed by atoms with E-state index in [0.717, 1.165) is 21.5 Å². The van der Waals surface area contributed by atoms with Gasteiger partial charge in [-0.3, -0.25) is 0 Å². The second kappa shape index (κ2) is 9.24. The average Bonchev–Trinajstić information content (AvgIpc) is 2.80. The first-order valence-electron chi connectivity index (χ1n) is 12.0. The van der Waals surface area contributed by atoms with Crippen molar-refractivity contribution in [3.05, 3.63) is 84.9 Å². The van der Waals surface area contributed by atoms with Crippen LogP contribution in [0, 0.1) is 23.7 Å². The number of hydrogen-bond acceptors (Lipinski definition) is 2. The largest absolute Gasteiger partial charge is 0.507 e. The Morgan fingerprint density at radius 2 is 0.719 bits per heavy atom. The molecule has 0 saturated heterocycles. The molecular formula is C30H32O2. The first-order chi connectivity index (χ1) is 15.7. The van der Waals surface area contributed by atoms with Crippen molar-refractivity contribution >= 4 is 21.5 Å². The third kappa shape index (κ3) is 4.60. The smallest absolute Gasteiger partial charge is 0.123 e. The van der Waals surface area contributed by atoms with E-state index in [-0.39, 0.29) is 0 Å². The molecule has 0 spiro atoms. The van der Waals surface area contributed by atoms with Crippen LogP contribution in [0.25, 0.3) is 21.5 Å². The first-order valence-corrected chi connectivity index (χ1v) is 12.0. The minimum absolute atomic E-state index is 0.350. The van der Waals surface area contributed by atoms with E-state index in [1.165, 1.54) is 23.7 Å². The van der Waals surface area contributed by atoms with Crippen molar-refractivity contribution in [2.45, 2.75) is 38.5 Å². The molecule has 2 heteroatoms. The molecular weight excluding hydrogens is 392 g/mol. The van der Waals surface area contributed by atoms with Crippen LogP contribution in [0.1, 0.15) is 38.5 Å². The van der Waals surface area contributed by atoms with Gasteiger partial charge in [0.05, 0.1) is 0 Å². The van der Waals surface area contributed by atoms with Crippen LogP contribution in [0.3, 0.4) is 0 Å². The van der Waals surface area contributed by atoms with Gasteiger partial charge in [-0.05, 0) is 85.1 Å². The molecule has 0 unspecified atom stereocenters. The van der Waals surface area contributed by atoms with E-state index < -0.39 is 0 Å². The number of benzene rings is 4. The van der Waals surface area contributed by atoms with Gasteiger partial charge in [-0.2, -0.15) is 0 Å². The molecule has 4 bridgehead atoms. The van der Waals surface area contributed by atoms with Crippen LogP contribution < -0.4 is 0 Å². The molecule has 4 fully saturated rings. The lowest BCUT2D eigenvalue weighted by Crippen LogP contribution is -2.38. The fraction of sp³-hybridized carbons (Fsp3) is 0.333. The Kier molecular flexibility index (Phi) is 6.03. The van der Waals surface area contributed by atoms with Gasteiger partial charge in [0, 0.05) is 10.8 Å². The molecule has 0 atom stereocenters. The lowest BCUT2D eigenvalue weighted by Gasteiger charge is -2.49. The van der Waals surface area contributed by atoms with Crippen LogP contribution >= 0.6 is 0 Å². The third-order valence-corrected chi connectivity index (χ3v) is 7.53. The topological polar surface area (TPSA) is 40.5 Å². The van der Waals surface area contributed by atoms with Crippen molar-refractivity contribution in [3.8, 4) is 11.5 Å². The Morgan fingerprint density at radius 1 is 0.406 bits per heavy atom. The van der Waals surface area contributed by atoms with Crippen LogP contribution in [0.15, 0.2) is 84.9 Å². The summed E-state index contributed by atoms with van der Waals surface area (Å²) >= 11 is 0. The Labute approximate surface area is 190 Å². The maximum Gasteiger partial charge on any atom is 0.123 e. The number of aromatic hydroxyl groups is 2. The van der Waals surface area contributed by atoms with Crippen molar-refractivity contribution < 1.29 is 10.2 Å². The highest BCUT2D eigenvalue weighted by Crippen LogP contribution is 2.53. The van der Waals surface area contributed by atoms with E-state index in [0.29, 0.717) is 11.5 Å². The molecule has 8 rings (SSSR count). The molecule has 0 aliphatic heterocycles. The van der Waals surface area contributed by atoms with E-state index in [4.69, 9.17) is 0 Å². The summed E-state index contributed by atoms with van der Waals surface area (Å²) in [5, 5.41) is 22.7. The Hall–Kier alpha value is -3.00. The zero-order valence-corrected chi connectivity index (χ0v) is 18.5. The molecule has 32 heavy (non-hydrogen) atoms. The molecule has 0 aromatic heterocycles. The lowest BCUT2D eigenvalue weighted by molar-refractivity contribution is 0.0198. The molecule has 0 heterocycles. The molecule has 0 radical (unpaired) electrons. The highest BCUT2D eigenvalue weighted by atomic mass is 16.3. The molecule has 2 nitrogen and oxygen atoms in total. The van der Waals surface area contributed by atoms with E-state index in [2.05, 4.69) is 0 Å². The summed E-state index contributed by atoms with van der Waals surface area (Å²) in [5.41, 5.74) is 0. The highest BCUT2D eigenvalue weighted by Gasteiger charge is 2.41. The van der Waals surface area contributed by atoms with E-state index in [1.54, 1.807) is 50.7 Å². The lowest BCUT2D eigenvalue weighted by atomic mass is 9.56. The van der Waals surface area contributed by atoms with Crippen LogP contribution in [0.5, 0.6) is 11.5 Å². The Morgan fingerprint density at radius 3 is 1.06 bits per heavy atom. The van der Waals surface area contributed by atoms with Crippen LogP contribution in [-0.2, 0) is 0 Å². The number of phenols is 2. The van der Waals surface area contributed by atoms with Crippen LogP contribution in [0.4, 0.5) is 0 Å². The minimum Gasteiger partial charge on any atom is -0.507 e. The van der Waals surface area contributed by atoms with Crippen molar-refractivity contribution in [3.63, 3.8) is 0 Å². The van der Waals surface area contributed by atoms with Crippen LogP contribution in [0.2, 0.25) is 0 Å². The summed E-state index contributed by atoms with van der Waals surface area (Å²) in [4.78, 5) is 0. The molecule has 4 aliphatic rings. The van der Waals surface area contributed by atoms with Gasteiger partial charge in [-0.25, -0.2) is 0 Å². The SMILES string of the molecule is C1C2CC3CC1CC(C2)C3.Oc1cccc2ccccc12.Oc1cccc2ccccc12. The molecule has 4 aliphatic carbocycles. The molecule has 164 valence electrons. The minimum atomic E-state index is 0.350. The number of fused-ring (bicyclic) bond motifs is 2. The van der Waals surface area contributed by atoms with Crippen molar-refractivity contribution in [2.24, 2.45) is 23.7 Å². The average molecular weight is 425 g/mol. The van der Waals surface area contributed by atoms with Gasteiger partial charge >= 0.3 is 0 Å². The molecule has 4 saturated carbocycles. The van der Waals surface area contributed by atoms with Crippen molar-refractivity contribution in [1.82, 2.24) is 0 Å². The maximum atomic E-state index is 9.37. The van der Waals surface area contributed by atoms with Gasteiger partial charge in [0.1, 0.15) is 11.5 Å².